The van der Waals surface area contributed by atoms with Crippen molar-refractivity contribution >= 4 is 21.8 Å². The average Bonchev–Trinajstić information content (AvgIpc) is 2.12. The predicted octanol–water partition coefficient (Wildman–Crippen LogP) is 1.36. The van der Waals surface area contributed by atoms with E-state index >= 15 is 0 Å². The number of pyridine rings is 1. The van der Waals surface area contributed by atoms with Crippen molar-refractivity contribution in [3.63, 3.8) is 0 Å². The summed E-state index contributed by atoms with van der Waals surface area (Å²) in [4.78, 5) is 14.5. The third kappa shape index (κ3) is 4.23. The molecule has 1 aromatic rings. The molecule has 1 N–H and O–H groups in total. The number of hydrogen-bond donors (Lipinski definition) is 1. The van der Waals surface area contributed by atoms with Gasteiger partial charge in [-0.2, -0.15) is 0 Å². The highest BCUT2D eigenvalue weighted by atomic mass is 79.9. The summed E-state index contributed by atoms with van der Waals surface area (Å²) in [7, 11) is 0. The van der Waals surface area contributed by atoms with Gasteiger partial charge in [0.05, 0.1) is 6.54 Å². The molecule has 76 valence electrons. The first kappa shape index (κ1) is 11.0. The normalized spacial score (nSPS) is 9.57. The van der Waals surface area contributed by atoms with Crippen LogP contribution in [0.2, 0.25) is 0 Å². The topological polar surface area (TPSA) is 51.2 Å². The molecule has 0 bridgehead atoms. The van der Waals surface area contributed by atoms with Gasteiger partial charge in [-0.05, 0) is 6.07 Å². The van der Waals surface area contributed by atoms with Gasteiger partial charge < -0.3 is 10.1 Å². The number of carbonyl (C=O) groups is 1. The quantitative estimate of drug-likeness (QED) is 0.830. The fourth-order valence-electron chi connectivity index (χ4n) is 0.847. The minimum atomic E-state index is -0.0594. The van der Waals surface area contributed by atoms with Crippen LogP contribution in [0.3, 0.4) is 0 Å². The van der Waals surface area contributed by atoms with E-state index in [0.717, 1.165) is 4.47 Å². The van der Waals surface area contributed by atoms with E-state index in [-0.39, 0.29) is 5.91 Å². The molecular weight excluding hydrogens is 248 g/mol. The highest BCUT2D eigenvalue weighted by molar-refractivity contribution is 9.10. The highest BCUT2D eigenvalue weighted by Crippen LogP contribution is 2.13. The molecule has 1 heterocycles. The zero-order valence-corrected chi connectivity index (χ0v) is 9.37. The number of nitrogens with zero attached hydrogens (tertiary/aromatic N) is 1. The predicted molar refractivity (Wildman–Crippen MR) is 56.1 cm³/mol. The molecule has 0 radical (unpaired) electrons. The average molecular weight is 259 g/mol. The summed E-state index contributed by atoms with van der Waals surface area (Å²) in [5, 5.41) is 2.63. The Bertz CT molecular complexity index is 317. The minimum absolute atomic E-state index is 0.0594. The van der Waals surface area contributed by atoms with Crippen LogP contribution in [0.25, 0.3) is 0 Å². The number of ether oxygens (including phenoxy) is 1. The van der Waals surface area contributed by atoms with Gasteiger partial charge in [0.1, 0.15) is 6.61 Å². The molecule has 0 aromatic carbocycles. The second-order valence-corrected chi connectivity index (χ2v) is 3.56. The van der Waals surface area contributed by atoms with E-state index in [0.29, 0.717) is 19.0 Å². The largest absolute Gasteiger partial charge is 0.476 e. The Labute approximate surface area is 90.8 Å². The summed E-state index contributed by atoms with van der Waals surface area (Å²) in [5.41, 5.74) is 0. The standard InChI is InChI=1S/C9H11BrN2O2/c1-7(13)11-4-5-14-9-6-8(10)2-3-12-9/h2-3,6H,4-5H2,1H3,(H,11,13). The molecule has 0 aliphatic heterocycles. The van der Waals surface area contributed by atoms with Crippen LogP contribution in [0.4, 0.5) is 0 Å². The number of hydrogen-bond acceptors (Lipinski definition) is 3. The summed E-state index contributed by atoms with van der Waals surface area (Å²) < 4.78 is 6.20. The first-order valence-electron chi connectivity index (χ1n) is 4.17. The van der Waals surface area contributed by atoms with E-state index in [2.05, 4.69) is 26.2 Å². The fourth-order valence-corrected chi connectivity index (χ4v) is 1.16. The molecular formula is C9H11BrN2O2. The molecule has 1 rings (SSSR count). The molecule has 0 saturated carbocycles. The van der Waals surface area contributed by atoms with E-state index in [4.69, 9.17) is 4.74 Å². The second kappa shape index (κ2) is 5.59. The fraction of sp³-hybridized carbons (Fsp3) is 0.333. The molecule has 0 saturated heterocycles. The van der Waals surface area contributed by atoms with E-state index in [1.54, 1.807) is 12.3 Å². The van der Waals surface area contributed by atoms with Crippen LogP contribution in [0.15, 0.2) is 22.8 Å². The molecule has 0 unspecified atom stereocenters. The van der Waals surface area contributed by atoms with E-state index < -0.39 is 0 Å². The Hall–Kier alpha value is -1.10. The molecule has 0 aliphatic rings. The summed E-state index contributed by atoms with van der Waals surface area (Å²) in [6, 6.07) is 3.59. The lowest BCUT2D eigenvalue weighted by atomic mass is 10.5. The van der Waals surface area contributed by atoms with Gasteiger partial charge in [-0.15, -0.1) is 0 Å². The van der Waals surface area contributed by atoms with Crippen molar-refractivity contribution in [3.8, 4) is 5.88 Å². The molecule has 0 aliphatic carbocycles. The monoisotopic (exact) mass is 258 g/mol. The number of aromatic nitrogens is 1. The lowest BCUT2D eigenvalue weighted by molar-refractivity contribution is -0.119. The molecule has 4 nitrogen and oxygen atoms in total. The smallest absolute Gasteiger partial charge is 0.216 e. The summed E-state index contributed by atoms with van der Waals surface area (Å²) in [5.74, 6) is 0.487. The number of amides is 1. The molecule has 1 aromatic heterocycles. The third-order valence-corrected chi connectivity index (χ3v) is 1.92. The second-order valence-electron chi connectivity index (χ2n) is 2.64. The molecule has 14 heavy (non-hydrogen) atoms. The van der Waals surface area contributed by atoms with Crippen molar-refractivity contribution in [3.05, 3.63) is 22.8 Å². The van der Waals surface area contributed by atoms with E-state index in [1.165, 1.54) is 6.92 Å². The minimum Gasteiger partial charge on any atom is -0.476 e. The first-order valence-corrected chi connectivity index (χ1v) is 4.96. The van der Waals surface area contributed by atoms with Crippen LogP contribution in [0, 0.1) is 0 Å². The van der Waals surface area contributed by atoms with Crippen LogP contribution < -0.4 is 10.1 Å². The summed E-state index contributed by atoms with van der Waals surface area (Å²) in [6.45, 7) is 2.38. The van der Waals surface area contributed by atoms with Gasteiger partial charge in [0.25, 0.3) is 0 Å². The van der Waals surface area contributed by atoms with Crippen molar-refractivity contribution in [1.82, 2.24) is 10.3 Å². The third-order valence-electron chi connectivity index (χ3n) is 1.42. The van der Waals surface area contributed by atoms with Gasteiger partial charge in [-0.25, -0.2) is 4.98 Å². The van der Waals surface area contributed by atoms with Crippen molar-refractivity contribution < 1.29 is 9.53 Å². The van der Waals surface area contributed by atoms with Crippen molar-refractivity contribution in [2.24, 2.45) is 0 Å². The number of carbonyl (C=O) groups excluding carboxylic acids is 1. The Balaban J connectivity index is 2.28. The van der Waals surface area contributed by atoms with Crippen molar-refractivity contribution in [1.29, 1.82) is 0 Å². The highest BCUT2D eigenvalue weighted by Gasteiger charge is 1.96. The van der Waals surface area contributed by atoms with E-state index in [1.807, 2.05) is 6.07 Å². The van der Waals surface area contributed by atoms with Crippen LogP contribution >= 0.6 is 15.9 Å². The van der Waals surface area contributed by atoms with Crippen LogP contribution in [-0.4, -0.2) is 24.0 Å². The lowest BCUT2D eigenvalue weighted by Crippen LogP contribution is -2.25. The summed E-state index contributed by atoms with van der Waals surface area (Å²) >= 11 is 3.30. The van der Waals surface area contributed by atoms with Gasteiger partial charge in [-0.1, -0.05) is 15.9 Å². The van der Waals surface area contributed by atoms with Crippen molar-refractivity contribution in [2.75, 3.05) is 13.2 Å². The maximum Gasteiger partial charge on any atom is 0.216 e. The summed E-state index contributed by atoms with van der Waals surface area (Å²) in [6.07, 6.45) is 1.65. The molecule has 0 spiro atoms. The number of rotatable bonds is 4. The number of halogens is 1. The van der Waals surface area contributed by atoms with Crippen LogP contribution in [0.1, 0.15) is 6.92 Å². The Kier molecular flexibility index (Phi) is 4.39. The Morgan fingerprint density at radius 1 is 1.71 bits per heavy atom. The van der Waals surface area contributed by atoms with Gasteiger partial charge in [0.2, 0.25) is 11.8 Å². The van der Waals surface area contributed by atoms with Crippen LogP contribution in [-0.2, 0) is 4.79 Å². The molecule has 0 atom stereocenters. The van der Waals surface area contributed by atoms with Gasteiger partial charge in [0.15, 0.2) is 0 Å². The van der Waals surface area contributed by atoms with Crippen molar-refractivity contribution in [2.45, 2.75) is 6.92 Å². The zero-order valence-electron chi connectivity index (χ0n) is 7.79. The van der Waals surface area contributed by atoms with Gasteiger partial charge >= 0.3 is 0 Å². The van der Waals surface area contributed by atoms with E-state index in [9.17, 15) is 4.79 Å². The lowest BCUT2D eigenvalue weighted by Gasteiger charge is -2.05. The Morgan fingerprint density at radius 2 is 2.50 bits per heavy atom. The Morgan fingerprint density at radius 3 is 3.14 bits per heavy atom. The molecule has 5 heteroatoms. The number of nitrogens with one attached hydrogen (secondary N) is 1. The molecule has 1 amide bonds. The van der Waals surface area contributed by atoms with Crippen LogP contribution in [0.5, 0.6) is 5.88 Å². The zero-order chi connectivity index (χ0) is 10.4. The molecule has 0 fully saturated rings. The maximum atomic E-state index is 10.5. The van der Waals surface area contributed by atoms with Gasteiger partial charge in [-0.3, -0.25) is 4.79 Å². The first-order chi connectivity index (χ1) is 6.68. The van der Waals surface area contributed by atoms with Gasteiger partial charge in [0, 0.05) is 23.7 Å². The maximum absolute atomic E-state index is 10.5. The SMILES string of the molecule is CC(=O)NCCOc1cc(Br)ccn1.